The number of aromatic nitrogens is 2. The lowest BCUT2D eigenvalue weighted by molar-refractivity contribution is 0.0696. The number of nitrogens with zero attached hydrogens (tertiary/aromatic N) is 2. The quantitative estimate of drug-likeness (QED) is 0.683. The summed E-state index contributed by atoms with van der Waals surface area (Å²) in [5.41, 5.74) is 3.32. The van der Waals surface area contributed by atoms with Crippen LogP contribution in [0.1, 0.15) is 16.1 Å². The van der Waals surface area contributed by atoms with Crippen LogP contribution in [0.15, 0.2) is 35.7 Å². The Bertz CT molecular complexity index is 917. The summed E-state index contributed by atoms with van der Waals surface area (Å²) in [6.07, 6.45) is 0. The molecule has 0 saturated heterocycles. The van der Waals surface area contributed by atoms with Crippen LogP contribution in [0, 0.1) is 6.92 Å². The number of methoxy groups -OCH3 is 1. The highest BCUT2D eigenvalue weighted by Crippen LogP contribution is 2.34. The number of ether oxygens (including phenoxy) is 1. The molecular formula is C18H17ClN2O3S. The maximum atomic E-state index is 11.5. The Labute approximate surface area is 154 Å². The maximum Gasteiger partial charge on any atom is 0.337 e. The summed E-state index contributed by atoms with van der Waals surface area (Å²) in [4.78, 5) is 16.2. The molecule has 0 saturated carbocycles. The number of rotatable bonds is 6. The molecule has 0 unspecified atom stereocenters. The van der Waals surface area contributed by atoms with E-state index >= 15 is 0 Å². The molecule has 0 aliphatic carbocycles. The number of aromatic carboxylic acids is 1. The molecule has 3 aromatic rings. The van der Waals surface area contributed by atoms with Crippen molar-refractivity contribution in [3.05, 3.63) is 52.0 Å². The minimum absolute atomic E-state index is 0.276. The number of halogens is 1. The normalized spacial score (nSPS) is 11.0. The number of benzene rings is 1. The molecular weight excluding hydrogens is 360 g/mol. The van der Waals surface area contributed by atoms with Crippen molar-refractivity contribution in [2.24, 2.45) is 0 Å². The molecule has 130 valence electrons. The largest absolute Gasteiger partial charge is 0.478 e. The van der Waals surface area contributed by atoms with Gasteiger partial charge in [-0.25, -0.2) is 9.78 Å². The SMILES string of the molecule is COCCn1c(-c2csc(-c3ccccc3Cl)n2)cc(C(=O)O)c1C. The summed E-state index contributed by atoms with van der Waals surface area (Å²) in [5.74, 6) is -0.948. The molecule has 0 radical (unpaired) electrons. The second kappa shape index (κ2) is 7.39. The first-order valence-corrected chi connectivity index (χ1v) is 8.92. The van der Waals surface area contributed by atoms with Crippen LogP contribution in [0.2, 0.25) is 5.02 Å². The van der Waals surface area contributed by atoms with Crippen molar-refractivity contribution in [2.75, 3.05) is 13.7 Å². The van der Waals surface area contributed by atoms with Crippen molar-refractivity contribution in [3.63, 3.8) is 0 Å². The molecule has 0 aliphatic rings. The van der Waals surface area contributed by atoms with E-state index in [0.717, 1.165) is 22.0 Å². The minimum Gasteiger partial charge on any atom is -0.478 e. The summed E-state index contributed by atoms with van der Waals surface area (Å²) >= 11 is 7.73. The molecule has 0 bridgehead atoms. The number of thiazole rings is 1. The zero-order valence-electron chi connectivity index (χ0n) is 13.8. The van der Waals surface area contributed by atoms with Crippen LogP contribution in [-0.4, -0.2) is 34.3 Å². The molecule has 0 amide bonds. The molecule has 5 nitrogen and oxygen atoms in total. The van der Waals surface area contributed by atoms with E-state index in [1.165, 1.54) is 11.3 Å². The van der Waals surface area contributed by atoms with Gasteiger partial charge in [-0.05, 0) is 19.1 Å². The predicted octanol–water partition coefficient (Wildman–Crippen LogP) is 4.59. The molecule has 25 heavy (non-hydrogen) atoms. The van der Waals surface area contributed by atoms with Gasteiger partial charge in [-0.2, -0.15) is 0 Å². The van der Waals surface area contributed by atoms with Crippen LogP contribution in [0.25, 0.3) is 22.0 Å². The Morgan fingerprint density at radius 2 is 2.16 bits per heavy atom. The van der Waals surface area contributed by atoms with Crippen molar-refractivity contribution in [1.29, 1.82) is 0 Å². The van der Waals surface area contributed by atoms with Gasteiger partial charge in [0.15, 0.2) is 0 Å². The highest BCUT2D eigenvalue weighted by Gasteiger charge is 2.20. The van der Waals surface area contributed by atoms with Crippen LogP contribution in [-0.2, 0) is 11.3 Å². The van der Waals surface area contributed by atoms with Crippen LogP contribution in [0.4, 0.5) is 0 Å². The first-order valence-electron chi connectivity index (χ1n) is 7.66. The van der Waals surface area contributed by atoms with Crippen molar-refractivity contribution in [2.45, 2.75) is 13.5 Å². The molecule has 7 heteroatoms. The predicted molar refractivity (Wildman–Crippen MR) is 99.6 cm³/mol. The molecule has 1 N–H and O–H groups in total. The van der Waals surface area contributed by atoms with Crippen LogP contribution in [0.3, 0.4) is 0 Å². The Morgan fingerprint density at radius 3 is 2.84 bits per heavy atom. The Kier molecular flexibility index (Phi) is 5.22. The molecule has 1 aromatic carbocycles. The molecule has 0 spiro atoms. The van der Waals surface area contributed by atoms with Gasteiger partial charge in [-0.1, -0.05) is 29.8 Å². The molecule has 0 fully saturated rings. The maximum absolute atomic E-state index is 11.5. The summed E-state index contributed by atoms with van der Waals surface area (Å²) in [6, 6.07) is 9.20. The van der Waals surface area contributed by atoms with Crippen LogP contribution >= 0.6 is 22.9 Å². The highest BCUT2D eigenvalue weighted by atomic mass is 35.5. The fourth-order valence-corrected chi connectivity index (χ4v) is 3.83. The first kappa shape index (κ1) is 17.7. The topological polar surface area (TPSA) is 64.4 Å². The summed E-state index contributed by atoms with van der Waals surface area (Å²) in [6.45, 7) is 2.84. The van der Waals surface area contributed by atoms with Gasteiger partial charge in [-0.15, -0.1) is 11.3 Å². The van der Waals surface area contributed by atoms with E-state index in [0.29, 0.717) is 23.9 Å². The molecule has 3 rings (SSSR count). The monoisotopic (exact) mass is 376 g/mol. The standard InChI is InChI=1S/C18H17ClN2O3S/c1-11-13(18(22)23)9-16(21(11)7-8-24-2)15-10-25-17(20-15)12-5-3-4-6-14(12)19/h3-6,9-10H,7-8H2,1-2H3,(H,22,23). The molecule has 2 heterocycles. The van der Waals surface area contributed by atoms with E-state index in [4.69, 9.17) is 16.3 Å². The molecule has 0 aliphatic heterocycles. The minimum atomic E-state index is -0.948. The third kappa shape index (κ3) is 3.46. The van der Waals surface area contributed by atoms with Crippen molar-refractivity contribution >= 4 is 28.9 Å². The van der Waals surface area contributed by atoms with Crippen molar-refractivity contribution in [3.8, 4) is 22.0 Å². The van der Waals surface area contributed by atoms with Gasteiger partial charge in [0.1, 0.15) is 5.01 Å². The fourth-order valence-electron chi connectivity index (χ4n) is 2.69. The van der Waals surface area contributed by atoms with Gasteiger partial charge in [0.2, 0.25) is 0 Å². The number of hydrogen-bond donors (Lipinski definition) is 1. The first-order chi connectivity index (χ1) is 12.0. The fraction of sp³-hybridized carbons (Fsp3) is 0.222. The molecule has 2 aromatic heterocycles. The highest BCUT2D eigenvalue weighted by molar-refractivity contribution is 7.13. The Balaban J connectivity index is 2.06. The van der Waals surface area contributed by atoms with E-state index < -0.39 is 5.97 Å². The van der Waals surface area contributed by atoms with Crippen molar-refractivity contribution in [1.82, 2.24) is 9.55 Å². The van der Waals surface area contributed by atoms with Gasteiger partial charge < -0.3 is 14.4 Å². The van der Waals surface area contributed by atoms with E-state index in [1.54, 1.807) is 20.1 Å². The number of hydrogen-bond acceptors (Lipinski definition) is 4. The lowest BCUT2D eigenvalue weighted by atomic mass is 10.2. The zero-order valence-corrected chi connectivity index (χ0v) is 15.4. The third-order valence-electron chi connectivity index (χ3n) is 3.99. The van der Waals surface area contributed by atoms with Gasteiger partial charge in [0.25, 0.3) is 0 Å². The Hall–Kier alpha value is -2.15. The number of carbonyl (C=O) groups is 1. The smallest absolute Gasteiger partial charge is 0.337 e. The van der Waals surface area contributed by atoms with Gasteiger partial charge >= 0.3 is 5.97 Å². The van der Waals surface area contributed by atoms with Crippen LogP contribution in [0.5, 0.6) is 0 Å². The van der Waals surface area contributed by atoms with Crippen LogP contribution < -0.4 is 0 Å². The summed E-state index contributed by atoms with van der Waals surface area (Å²) in [7, 11) is 1.62. The summed E-state index contributed by atoms with van der Waals surface area (Å²) < 4.78 is 7.08. The second-order valence-electron chi connectivity index (χ2n) is 5.50. The molecule has 0 atom stereocenters. The van der Waals surface area contributed by atoms with E-state index in [2.05, 4.69) is 4.98 Å². The van der Waals surface area contributed by atoms with E-state index in [-0.39, 0.29) is 5.56 Å². The summed E-state index contributed by atoms with van der Waals surface area (Å²) in [5, 5.41) is 12.8. The van der Waals surface area contributed by atoms with Gasteiger partial charge in [-0.3, -0.25) is 0 Å². The lowest BCUT2D eigenvalue weighted by Crippen LogP contribution is -2.08. The lowest BCUT2D eigenvalue weighted by Gasteiger charge is -2.09. The number of carboxylic acids is 1. The van der Waals surface area contributed by atoms with Gasteiger partial charge in [0, 0.05) is 30.3 Å². The number of carboxylic acid groups (broad SMARTS) is 1. The van der Waals surface area contributed by atoms with E-state index in [9.17, 15) is 9.90 Å². The third-order valence-corrected chi connectivity index (χ3v) is 5.19. The Morgan fingerprint density at radius 1 is 1.40 bits per heavy atom. The van der Waals surface area contributed by atoms with Crippen molar-refractivity contribution < 1.29 is 14.6 Å². The van der Waals surface area contributed by atoms with Gasteiger partial charge in [0.05, 0.1) is 28.6 Å². The zero-order chi connectivity index (χ0) is 18.0. The average Bonchev–Trinajstić information content (AvgIpc) is 3.18. The second-order valence-corrected chi connectivity index (χ2v) is 6.76. The average molecular weight is 377 g/mol. The van der Waals surface area contributed by atoms with E-state index in [1.807, 2.05) is 34.2 Å².